The molecule has 0 bridgehead atoms. The summed E-state index contributed by atoms with van der Waals surface area (Å²) in [5.74, 6) is -0.962. The molecular formula is C18H14N4O2S. The van der Waals surface area contributed by atoms with Crippen molar-refractivity contribution < 1.29 is 9.90 Å². The number of carboxylic acids is 1. The average Bonchev–Trinajstić information content (AvgIpc) is 2.62. The van der Waals surface area contributed by atoms with Gasteiger partial charge in [0.25, 0.3) is 0 Å². The maximum Gasteiger partial charge on any atom is 0.335 e. The van der Waals surface area contributed by atoms with Crippen LogP contribution in [-0.4, -0.2) is 27.4 Å². The van der Waals surface area contributed by atoms with Crippen molar-refractivity contribution in [3.8, 4) is 0 Å². The SMILES string of the molecule is O=C(O)c1ccc(C=NNC(=S)Nc2cccc3cccnc23)cc1. The fourth-order valence-corrected chi connectivity index (χ4v) is 2.40. The van der Waals surface area contributed by atoms with Crippen molar-refractivity contribution in [1.29, 1.82) is 0 Å². The minimum absolute atomic E-state index is 0.228. The molecule has 0 saturated carbocycles. The first kappa shape index (κ1) is 16.5. The Labute approximate surface area is 149 Å². The fourth-order valence-electron chi connectivity index (χ4n) is 2.23. The number of nitrogens with zero attached hydrogens (tertiary/aromatic N) is 2. The summed E-state index contributed by atoms with van der Waals surface area (Å²) in [5.41, 5.74) is 5.32. The van der Waals surface area contributed by atoms with Gasteiger partial charge in [-0.05, 0) is 42.0 Å². The molecule has 0 amide bonds. The molecule has 0 atom stereocenters. The molecule has 3 N–H and O–H groups in total. The second-order valence-corrected chi connectivity index (χ2v) is 5.54. The summed E-state index contributed by atoms with van der Waals surface area (Å²) < 4.78 is 0. The highest BCUT2D eigenvalue weighted by Gasteiger charge is 2.03. The standard InChI is InChI=1S/C18H14N4O2S/c23-17(24)14-8-6-12(7-9-14)11-20-22-18(25)21-15-5-1-3-13-4-2-10-19-16(13)15/h1-11H,(H,23,24)(H2,21,22,25). The number of carbonyl (C=O) groups is 1. The van der Waals surface area contributed by atoms with E-state index in [0.29, 0.717) is 5.11 Å². The number of para-hydroxylation sites is 1. The first-order chi connectivity index (χ1) is 12.1. The molecular weight excluding hydrogens is 336 g/mol. The van der Waals surface area contributed by atoms with E-state index in [1.165, 1.54) is 12.1 Å². The molecule has 124 valence electrons. The first-order valence-electron chi connectivity index (χ1n) is 7.40. The lowest BCUT2D eigenvalue weighted by atomic mass is 10.1. The minimum atomic E-state index is -0.962. The van der Waals surface area contributed by atoms with Crippen LogP contribution in [0.2, 0.25) is 0 Å². The van der Waals surface area contributed by atoms with Gasteiger partial charge in [-0.3, -0.25) is 10.4 Å². The van der Waals surface area contributed by atoms with Gasteiger partial charge in [0.1, 0.15) is 0 Å². The zero-order valence-electron chi connectivity index (χ0n) is 13.0. The van der Waals surface area contributed by atoms with E-state index < -0.39 is 5.97 Å². The Morgan fingerprint density at radius 3 is 2.64 bits per heavy atom. The van der Waals surface area contributed by atoms with Gasteiger partial charge < -0.3 is 10.4 Å². The van der Waals surface area contributed by atoms with Crippen molar-refractivity contribution in [2.45, 2.75) is 0 Å². The molecule has 3 rings (SSSR count). The normalized spacial score (nSPS) is 10.7. The summed E-state index contributed by atoms with van der Waals surface area (Å²) in [7, 11) is 0. The lowest BCUT2D eigenvalue weighted by Gasteiger charge is -2.09. The summed E-state index contributed by atoms with van der Waals surface area (Å²) in [4.78, 5) is 15.2. The lowest BCUT2D eigenvalue weighted by molar-refractivity contribution is 0.0697. The van der Waals surface area contributed by atoms with Gasteiger partial charge in [0.05, 0.1) is 23.0 Å². The van der Waals surface area contributed by atoms with E-state index in [9.17, 15) is 4.79 Å². The maximum atomic E-state index is 10.8. The molecule has 6 nitrogen and oxygen atoms in total. The van der Waals surface area contributed by atoms with Gasteiger partial charge in [-0.1, -0.05) is 30.3 Å². The smallest absolute Gasteiger partial charge is 0.335 e. The van der Waals surface area contributed by atoms with Gasteiger partial charge in [-0.2, -0.15) is 5.10 Å². The number of hydrogen-bond acceptors (Lipinski definition) is 4. The van der Waals surface area contributed by atoms with Gasteiger partial charge in [-0.15, -0.1) is 0 Å². The van der Waals surface area contributed by atoms with Crippen LogP contribution in [0.4, 0.5) is 5.69 Å². The van der Waals surface area contributed by atoms with Gasteiger partial charge in [0, 0.05) is 11.6 Å². The lowest BCUT2D eigenvalue weighted by Crippen LogP contribution is -2.24. The number of benzene rings is 2. The number of aromatic nitrogens is 1. The zero-order chi connectivity index (χ0) is 17.6. The van der Waals surface area contributed by atoms with Crippen LogP contribution in [0.25, 0.3) is 10.9 Å². The Bertz CT molecular complexity index is 949. The van der Waals surface area contributed by atoms with E-state index in [1.807, 2.05) is 30.3 Å². The summed E-state index contributed by atoms with van der Waals surface area (Å²) in [6, 6.07) is 16.0. The van der Waals surface area contributed by atoms with Crippen LogP contribution in [-0.2, 0) is 0 Å². The molecule has 0 aliphatic carbocycles. The number of rotatable bonds is 4. The van der Waals surface area contributed by atoms with Crippen LogP contribution in [0, 0.1) is 0 Å². The molecule has 2 aromatic carbocycles. The molecule has 0 aliphatic rings. The fraction of sp³-hybridized carbons (Fsp3) is 0. The Balaban J connectivity index is 1.63. The number of carboxylic acid groups (broad SMARTS) is 1. The Hall–Kier alpha value is -3.32. The van der Waals surface area contributed by atoms with E-state index >= 15 is 0 Å². The third-order valence-corrected chi connectivity index (χ3v) is 3.61. The quantitative estimate of drug-likeness (QED) is 0.380. The number of aromatic carboxylic acids is 1. The van der Waals surface area contributed by atoms with Crippen LogP contribution in [0.5, 0.6) is 0 Å². The monoisotopic (exact) mass is 350 g/mol. The van der Waals surface area contributed by atoms with E-state index in [1.54, 1.807) is 24.5 Å². The molecule has 1 aromatic heterocycles. The summed E-state index contributed by atoms with van der Waals surface area (Å²) in [6.45, 7) is 0. The van der Waals surface area contributed by atoms with Crippen molar-refractivity contribution in [3.05, 3.63) is 71.9 Å². The number of thiocarbonyl (C=S) groups is 1. The molecule has 0 aliphatic heterocycles. The van der Waals surface area contributed by atoms with E-state index in [2.05, 4.69) is 20.8 Å². The molecule has 0 radical (unpaired) electrons. The van der Waals surface area contributed by atoms with Crippen molar-refractivity contribution in [2.75, 3.05) is 5.32 Å². The highest BCUT2D eigenvalue weighted by atomic mass is 32.1. The third-order valence-electron chi connectivity index (χ3n) is 3.42. The zero-order valence-corrected chi connectivity index (χ0v) is 13.8. The molecule has 0 saturated heterocycles. The average molecular weight is 350 g/mol. The summed E-state index contributed by atoms with van der Waals surface area (Å²) in [6.07, 6.45) is 3.28. The van der Waals surface area contributed by atoms with Crippen LogP contribution >= 0.6 is 12.2 Å². The highest BCUT2D eigenvalue weighted by Crippen LogP contribution is 2.20. The number of fused-ring (bicyclic) bond motifs is 1. The van der Waals surface area contributed by atoms with Gasteiger partial charge in [-0.25, -0.2) is 4.79 Å². The topological polar surface area (TPSA) is 86.6 Å². The molecule has 0 fully saturated rings. The van der Waals surface area contributed by atoms with Crippen molar-refractivity contribution in [2.24, 2.45) is 5.10 Å². The number of hydrogen-bond donors (Lipinski definition) is 3. The second kappa shape index (κ2) is 7.50. The molecule has 0 spiro atoms. The number of pyridine rings is 1. The van der Waals surface area contributed by atoms with Gasteiger partial charge in [0.2, 0.25) is 0 Å². The van der Waals surface area contributed by atoms with Crippen LogP contribution < -0.4 is 10.7 Å². The Morgan fingerprint density at radius 2 is 1.88 bits per heavy atom. The Morgan fingerprint density at radius 1 is 1.12 bits per heavy atom. The predicted octanol–water partition coefficient (Wildman–Crippen LogP) is 3.25. The van der Waals surface area contributed by atoms with Crippen molar-refractivity contribution >= 4 is 46.1 Å². The summed E-state index contributed by atoms with van der Waals surface area (Å²) >= 11 is 5.23. The molecule has 0 unspecified atom stereocenters. The molecule has 25 heavy (non-hydrogen) atoms. The first-order valence-corrected chi connectivity index (χ1v) is 7.81. The van der Waals surface area contributed by atoms with E-state index in [-0.39, 0.29) is 5.56 Å². The minimum Gasteiger partial charge on any atom is -0.478 e. The number of nitrogens with one attached hydrogen (secondary N) is 2. The molecule has 1 heterocycles. The Kier molecular flexibility index (Phi) is 4.96. The third kappa shape index (κ3) is 4.15. The van der Waals surface area contributed by atoms with Crippen LogP contribution in [0.1, 0.15) is 15.9 Å². The van der Waals surface area contributed by atoms with Gasteiger partial charge in [0.15, 0.2) is 5.11 Å². The molecule has 7 heteroatoms. The van der Waals surface area contributed by atoms with E-state index in [4.69, 9.17) is 17.3 Å². The van der Waals surface area contributed by atoms with Crippen molar-refractivity contribution in [3.63, 3.8) is 0 Å². The highest BCUT2D eigenvalue weighted by molar-refractivity contribution is 7.80. The van der Waals surface area contributed by atoms with Crippen LogP contribution in [0.15, 0.2) is 65.9 Å². The predicted molar refractivity (Wildman–Crippen MR) is 102 cm³/mol. The number of hydrazone groups is 1. The van der Waals surface area contributed by atoms with Crippen molar-refractivity contribution in [1.82, 2.24) is 10.4 Å². The van der Waals surface area contributed by atoms with Crippen LogP contribution in [0.3, 0.4) is 0 Å². The second-order valence-electron chi connectivity index (χ2n) is 5.13. The maximum absolute atomic E-state index is 10.8. The summed E-state index contributed by atoms with van der Waals surface area (Å²) in [5, 5.41) is 17.3. The number of anilines is 1. The largest absolute Gasteiger partial charge is 0.478 e. The molecule has 3 aromatic rings. The van der Waals surface area contributed by atoms with E-state index in [0.717, 1.165) is 22.2 Å². The van der Waals surface area contributed by atoms with Gasteiger partial charge >= 0.3 is 5.97 Å².